The maximum absolute atomic E-state index is 12.4. The van der Waals surface area contributed by atoms with Gasteiger partial charge in [0.05, 0.1) is 17.2 Å². The summed E-state index contributed by atoms with van der Waals surface area (Å²) in [6.07, 6.45) is 0.0338. The maximum Gasteiger partial charge on any atom is 0.265 e. The highest BCUT2D eigenvalue weighted by atomic mass is 32.2. The van der Waals surface area contributed by atoms with Crippen LogP contribution in [0.2, 0.25) is 0 Å². The van der Waals surface area contributed by atoms with Gasteiger partial charge < -0.3 is 19.9 Å². The van der Waals surface area contributed by atoms with Gasteiger partial charge in [-0.25, -0.2) is 8.42 Å². The molecule has 1 atom stereocenters. The molecule has 0 bridgehead atoms. The van der Waals surface area contributed by atoms with Crippen molar-refractivity contribution >= 4 is 33.2 Å². The van der Waals surface area contributed by atoms with Gasteiger partial charge in [0, 0.05) is 26.1 Å². The number of hydrogen-bond donors (Lipinski definition) is 1. The highest BCUT2D eigenvalue weighted by molar-refractivity contribution is 7.91. The largest absolute Gasteiger partial charge is 0.482 e. The number of nitrogens with zero attached hydrogens (tertiary/aromatic N) is 2. The number of nitrogens with one attached hydrogen (secondary N) is 1. The van der Waals surface area contributed by atoms with Crippen molar-refractivity contribution in [3.05, 3.63) is 24.3 Å². The summed E-state index contributed by atoms with van der Waals surface area (Å²) in [5, 5.41) is 2.63. The van der Waals surface area contributed by atoms with Gasteiger partial charge in [-0.15, -0.1) is 0 Å². The summed E-state index contributed by atoms with van der Waals surface area (Å²) >= 11 is 0. The third kappa shape index (κ3) is 4.61. The summed E-state index contributed by atoms with van der Waals surface area (Å²) in [7, 11) is -3.08. The molecule has 9 nitrogen and oxygen atoms in total. The third-order valence-corrected chi connectivity index (χ3v) is 6.38. The van der Waals surface area contributed by atoms with Gasteiger partial charge >= 0.3 is 0 Å². The molecule has 0 radical (unpaired) electrons. The first-order valence-electron chi connectivity index (χ1n) is 9.07. The summed E-state index contributed by atoms with van der Waals surface area (Å²) in [6.45, 7) is 1.94. The summed E-state index contributed by atoms with van der Waals surface area (Å²) in [5.41, 5.74) is 0.616. The second-order valence-electron chi connectivity index (χ2n) is 6.82. The standard InChI is InChI=1S/C18H23N3O6S/c1-13(18(24)20-8-10-28(25,26)11-9-20)19-16(22)6-7-21-14-4-2-3-5-15(14)27-12-17(21)23/h2-5,13H,6-12H2,1H3,(H,19,22). The summed E-state index contributed by atoms with van der Waals surface area (Å²) < 4.78 is 28.3. The summed E-state index contributed by atoms with van der Waals surface area (Å²) in [5.74, 6) is -0.426. The Hall–Kier alpha value is -2.62. The predicted molar refractivity (Wildman–Crippen MR) is 102 cm³/mol. The van der Waals surface area contributed by atoms with E-state index in [1.165, 1.54) is 9.80 Å². The molecule has 0 spiro atoms. The number of benzene rings is 1. The van der Waals surface area contributed by atoms with Gasteiger partial charge in [-0.3, -0.25) is 14.4 Å². The molecule has 2 heterocycles. The number of rotatable bonds is 5. The minimum absolute atomic E-state index is 0.0338. The van der Waals surface area contributed by atoms with E-state index >= 15 is 0 Å². The van der Waals surface area contributed by atoms with Gasteiger partial charge in [0.25, 0.3) is 5.91 Å². The Morgan fingerprint density at radius 3 is 2.61 bits per heavy atom. The molecule has 1 unspecified atom stereocenters. The van der Waals surface area contributed by atoms with Crippen LogP contribution in [0.5, 0.6) is 5.75 Å². The van der Waals surface area contributed by atoms with E-state index in [4.69, 9.17) is 4.74 Å². The molecule has 152 valence electrons. The molecular formula is C18H23N3O6S. The molecule has 3 amide bonds. The highest BCUT2D eigenvalue weighted by Crippen LogP contribution is 2.31. The van der Waals surface area contributed by atoms with Crippen molar-refractivity contribution in [1.82, 2.24) is 10.2 Å². The number of hydrogen-bond acceptors (Lipinski definition) is 6. The van der Waals surface area contributed by atoms with Crippen LogP contribution in [-0.2, 0) is 24.2 Å². The van der Waals surface area contributed by atoms with E-state index in [1.54, 1.807) is 31.2 Å². The lowest BCUT2D eigenvalue weighted by Gasteiger charge is -2.30. The van der Waals surface area contributed by atoms with Gasteiger partial charge in [-0.05, 0) is 19.1 Å². The number of ether oxygens (including phenoxy) is 1. The molecule has 0 saturated carbocycles. The molecule has 1 fully saturated rings. The molecule has 28 heavy (non-hydrogen) atoms. The maximum atomic E-state index is 12.4. The van der Waals surface area contributed by atoms with E-state index in [-0.39, 0.29) is 61.9 Å². The van der Waals surface area contributed by atoms with Gasteiger partial charge in [0.1, 0.15) is 11.8 Å². The Bertz CT molecular complexity index is 871. The van der Waals surface area contributed by atoms with Crippen LogP contribution in [0.1, 0.15) is 13.3 Å². The van der Waals surface area contributed by atoms with Crippen LogP contribution in [-0.4, -0.2) is 74.8 Å². The van der Waals surface area contributed by atoms with Crippen molar-refractivity contribution in [1.29, 1.82) is 0 Å². The molecule has 0 aromatic heterocycles. The topological polar surface area (TPSA) is 113 Å². The first-order chi connectivity index (χ1) is 13.3. The second-order valence-corrected chi connectivity index (χ2v) is 9.12. The minimum atomic E-state index is -3.08. The van der Waals surface area contributed by atoms with Crippen LogP contribution >= 0.6 is 0 Å². The van der Waals surface area contributed by atoms with E-state index in [0.717, 1.165) is 0 Å². The van der Waals surface area contributed by atoms with Gasteiger partial charge in [-0.2, -0.15) is 0 Å². The van der Waals surface area contributed by atoms with Gasteiger partial charge in [0.2, 0.25) is 11.8 Å². The van der Waals surface area contributed by atoms with Crippen LogP contribution in [0.4, 0.5) is 5.69 Å². The number of carbonyl (C=O) groups is 3. The fourth-order valence-corrected chi connectivity index (χ4v) is 4.40. The number of para-hydroxylation sites is 2. The van der Waals surface area contributed by atoms with Crippen molar-refractivity contribution in [2.75, 3.05) is 42.6 Å². The van der Waals surface area contributed by atoms with E-state index in [1.807, 2.05) is 0 Å². The molecule has 3 rings (SSSR count). The van der Waals surface area contributed by atoms with Crippen LogP contribution in [0.25, 0.3) is 0 Å². The molecule has 2 aliphatic heterocycles. The fourth-order valence-electron chi connectivity index (χ4n) is 3.19. The fraction of sp³-hybridized carbons (Fsp3) is 0.500. The van der Waals surface area contributed by atoms with E-state index in [2.05, 4.69) is 5.32 Å². The monoisotopic (exact) mass is 409 g/mol. The minimum Gasteiger partial charge on any atom is -0.482 e. The van der Waals surface area contributed by atoms with Crippen LogP contribution < -0.4 is 15.0 Å². The van der Waals surface area contributed by atoms with Crippen molar-refractivity contribution in [3.63, 3.8) is 0 Å². The number of fused-ring (bicyclic) bond motifs is 1. The normalized spacial score (nSPS) is 19.4. The molecule has 1 aromatic carbocycles. The Morgan fingerprint density at radius 1 is 1.21 bits per heavy atom. The van der Waals surface area contributed by atoms with Crippen LogP contribution in [0.15, 0.2) is 24.3 Å². The van der Waals surface area contributed by atoms with Crippen LogP contribution in [0, 0.1) is 0 Å². The zero-order valence-corrected chi connectivity index (χ0v) is 16.4. The average Bonchev–Trinajstić information content (AvgIpc) is 2.66. The van der Waals surface area contributed by atoms with Gasteiger partial charge in [-0.1, -0.05) is 12.1 Å². The molecule has 1 aromatic rings. The zero-order valence-electron chi connectivity index (χ0n) is 15.6. The van der Waals surface area contributed by atoms with Crippen molar-refractivity contribution in [3.8, 4) is 5.75 Å². The Balaban J connectivity index is 1.52. The molecule has 10 heteroatoms. The van der Waals surface area contributed by atoms with Crippen molar-refractivity contribution < 1.29 is 27.5 Å². The third-order valence-electron chi connectivity index (χ3n) is 4.77. The number of sulfone groups is 1. The summed E-state index contributed by atoms with van der Waals surface area (Å²) in [4.78, 5) is 39.7. The first-order valence-corrected chi connectivity index (χ1v) is 10.9. The molecule has 1 N–H and O–H groups in total. The molecule has 1 saturated heterocycles. The Morgan fingerprint density at radius 2 is 1.89 bits per heavy atom. The Labute approximate surface area is 163 Å². The number of amides is 3. The van der Waals surface area contributed by atoms with Gasteiger partial charge in [0.15, 0.2) is 16.4 Å². The zero-order chi connectivity index (χ0) is 20.3. The van der Waals surface area contributed by atoms with E-state index < -0.39 is 15.9 Å². The molecular weight excluding hydrogens is 386 g/mol. The Kier molecular flexibility index (Phi) is 5.87. The summed E-state index contributed by atoms with van der Waals surface area (Å²) in [6, 6.07) is 6.34. The second kappa shape index (κ2) is 8.17. The highest BCUT2D eigenvalue weighted by Gasteiger charge is 2.29. The lowest BCUT2D eigenvalue weighted by Crippen LogP contribution is -2.52. The van der Waals surface area contributed by atoms with Crippen molar-refractivity contribution in [2.24, 2.45) is 0 Å². The lowest BCUT2D eigenvalue weighted by atomic mass is 10.2. The number of anilines is 1. The quantitative estimate of drug-likeness (QED) is 0.706. The molecule has 0 aliphatic carbocycles. The lowest BCUT2D eigenvalue weighted by molar-refractivity contribution is -0.135. The van der Waals surface area contributed by atoms with E-state index in [0.29, 0.717) is 11.4 Å². The number of carbonyl (C=O) groups excluding carboxylic acids is 3. The van der Waals surface area contributed by atoms with E-state index in [9.17, 15) is 22.8 Å². The van der Waals surface area contributed by atoms with Crippen LogP contribution in [0.3, 0.4) is 0 Å². The first kappa shape index (κ1) is 20.1. The molecule has 2 aliphatic rings. The SMILES string of the molecule is CC(NC(=O)CCN1C(=O)COc2ccccc21)C(=O)N1CCS(=O)(=O)CC1. The van der Waals surface area contributed by atoms with Crippen molar-refractivity contribution in [2.45, 2.75) is 19.4 Å². The smallest absolute Gasteiger partial charge is 0.265 e. The average molecular weight is 409 g/mol. The predicted octanol–water partition coefficient (Wildman–Crippen LogP) is -0.436.